The number of benzene rings is 1. The van der Waals surface area contributed by atoms with E-state index in [4.69, 9.17) is 9.84 Å². The van der Waals surface area contributed by atoms with Gasteiger partial charge >= 0.3 is 5.97 Å². The molecular formula is C12H9FO3S. The average molecular weight is 252 g/mol. The van der Waals surface area contributed by atoms with Crippen LogP contribution in [0.5, 0.6) is 5.75 Å². The molecule has 0 aliphatic heterocycles. The third kappa shape index (κ3) is 2.29. The monoisotopic (exact) mass is 252 g/mol. The van der Waals surface area contributed by atoms with E-state index in [1.807, 2.05) is 0 Å². The van der Waals surface area contributed by atoms with E-state index in [-0.39, 0.29) is 10.7 Å². The number of hydrogen-bond donors (Lipinski definition) is 1. The zero-order valence-corrected chi connectivity index (χ0v) is 9.75. The average Bonchev–Trinajstić information content (AvgIpc) is 2.78. The smallest absolute Gasteiger partial charge is 0.345 e. The van der Waals surface area contributed by atoms with Gasteiger partial charge in [0.25, 0.3) is 0 Å². The van der Waals surface area contributed by atoms with Crippen LogP contribution in [-0.2, 0) is 0 Å². The van der Waals surface area contributed by atoms with E-state index < -0.39 is 5.97 Å². The highest BCUT2D eigenvalue weighted by Gasteiger charge is 2.12. The molecule has 0 bridgehead atoms. The highest BCUT2D eigenvalue weighted by atomic mass is 32.1. The molecule has 0 saturated carbocycles. The largest absolute Gasteiger partial charge is 0.496 e. The molecule has 0 aliphatic rings. The van der Waals surface area contributed by atoms with Crippen LogP contribution in [0, 0.1) is 5.82 Å². The van der Waals surface area contributed by atoms with Crippen molar-refractivity contribution in [3.8, 4) is 16.9 Å². The number of aromatic carboxylic acids is 1. The first-order chi connectivity index (χ1) is 8.11. The van der Waals surface area contributed by atoms with Crippen molar-refractivity contribution in [2.75, 3.05) is 7.11 Å². The third-order valence-electron chi connectivity index (χ3n) is 2.28. The lowest BCUT2D eigenvalue weighted by molar-refractivity contribution is 0.0702. The standard InChI is InChI=1S/C12H9FO3S/c1-16-10-3-2-8(13)5-9(10)7-4-11(12(14)15)17-6-7/h2-6H,1H3,(H,14,15). The zero-order chi connectivity index (χ0) is 12.4. The van der Waals surface area contributed by atoms with Crippen LogP contribution in [-0.4, -0.2) is 18.2 Å². The van der Waals surface area contributed by atoms with Gasteiger partial charge in [0.05, 0.1) is 7.11 Å². The van der Waals surface area contributed by atoms with Crippen molar-refractivity contribution >= 4 is 17.3 Å². The van der Waals surface area contributed by atoms with Crippen LogP contribution in [0.3, 0.4) is 0 Å². The van der Waals surface area contributed by atoms with Gasteiger partial charge in [-0.2, -0.15) is 0 Å². The number of carbonyl (C=O) groups is 1. The second kappa shape index (κ2) is 4.55. The van der Waals surface area contributed by atoms with Crippen LogP contribution < -0.4 is 4.74 Å². The van der Waals surface area contributed by atoms with E-state index >= 15 is 0 Å². The fourth-order valence-corrected chi connectivity index (χ4v) is 2.24. The topological polar surface area (TPSA) is 46.5 Å². The number of halogens is 1. The SMILES string of the molecule is COc1ccc(F)cc1-c1csc(C(=O)O)c1. The van der Waals surface area contributed by atoms with Crippen LogP contribution in [0.2, 0.25) is 0 Å². The van der Waals surface area contributed by atoms with Crippen LogP contribution in [0.1, 0.15) is 9.67 Å². The first-order valence-corrected chi connectivity index (χ1v) is 5.65. The minimum Gasteiger partial charge on any atom is -0.496 e. The van der Waals surface area contributed by atoms with E-state index in [0.717, 1.165) is 11.3 Å². The molecule has 1 heterocycles. The molecule has 0 spiro atoms. The maximum atomic E-state index is 13.2. The minimum absolute atomic E-state index is 0.214. The van der Waals surface area contributed by atoms with Gasteiger partial charge in [0.1, 0.15) is 16.4 Å². The molecule has 0 atom stereocenters. The summed E-state index contributed by atoms with van der Waals surface area (Å²) in [5.74, 6) is -0.860. The van der Waals surface area contributed by atoms with E-state index in [0.29, 0.717) is 16.9 Å². The van der Waals surface area contributed by atoms with Crippen molar-refractivity contribution < 1.29 is 19.0 Å². The lowest BCUT2D eigenvalue weighted by Crippen LogP contribution is -1.91. The van der Waals surface area contributed by atoms with Crippen molar-refractivity contribution in [1.82, 2.24) is 0 Å². The van der Waals surface area contributed by atoms with Crippen molar-refractivity contribution in [3.05, 3.63) is 40.3 Å². The number of carboxylic acid groups (broad SMARTS) is 1. The van der Waals surface area contributed by atoms with Crippen LogP contribution in [0.25, 0.3) is 11.1 Å². The fraction of sp³-hybridized carbons (Fsp3) is 0.0833. The summed E-state index contributed by atoms with van der Waals surface area (Å²) in [6, 6.07) is 5.65. The second-order valence-corrected chi connectivity index (χ2v) is 4.26. The van der Waals surface area contributed by atoms with Crippen molar-refractivity contribution in [2.45, 2.75) is 0 Å². The molecule has 2 rings (SSSR count). The Morgan fingerprint density at radius 3 is 2.76 bits per heavy atom. The highest BCUT2D eigenvalue weighted by molar-refractivity contribution is 7.12. The number of ether oxygens (including phenoxy) is 1. The summed E-state index contributed by atoms with van der Waals surface area (Å²) >= 11 is 1.10. The first-order valence-electron chi connectivity index (χ1n) is 4.77. The van der Waals surface area contributed by atoms with E-state index in [2.05, 4.69) is 0 Å². The Morgan fingerprint density at radius 2 is 2.18 bits per heavy atom. The molecule has 88 valence electrons. The lowest BCUT2D eigenvalue weighted by Gasteiger charge is -2.06. The minimum atomic E-state index is -0.989. The Balaban J connectivity index is 2.51. The Bertz CT molecular complexity index is 563. The summed E-state index contributed by atoms with van der Waals surface area (Å²) in [5, 5.41) is 10.5. The highest BCUT2D eigenvalue weighted by Crippen LogP contribution is 2.33. The van der Waals surface area contributed by atoms with Gasteiger partial charge in [-0.25, -0.2) is 9.18 Å². The normalized spacial score (nSPS) is 10.2. The molecule has 0 fully saturated rings. The number of hydrogen-bond acceptors (Lipinski definition) is 3. The summed E-state index contributed by atoms with van der Waals surface area (Å²) in [7, 11) is 1.49. The molecule has 1 aromatic carbocycles. The number of thiophene rings is 1. The van der Waals surface area contributed by atoms with Gasteiger partial charge in [-0.3, -0.25) is 0 Å². The molecular weight excluding hydrogens is 243 g/mol. The maximum Gasteiger partial charge on any atom is 0.345 e. The summed E-state index contributed by atoms with van der Waals surface area (Å²) in [6.45, 7) is 0. The Labute approximate surface area is 101 Å². The van der Waals surface area contributed by atoms with Gasteiger partial charge in [0, 0.05) is 5.56 Å². The molecule has 1 N–H and O–H groups in total. The van der Waals surface area contributed by atoms with Crippen LogP contribution >= 0.6 is 11.3 Å². The lowest BCUT2D eigenvalue weighted by atomic mass is 10.1. The molecule has 3 nitrogen and oxygen atoms in total. The molecule has 2 aromatic rings. The molecule has 0 saturated heterocycles. The van der Waals surface area contributed by atoms with Crippen LogP contribution in [0.4, 0.5) is 4.39 Å². The molecule has 17 heavy (non-hydrogen) atoms. The Morgan fingerprint density at radius 1 is 1.41 bits per heavy atom. The fourth-order valence-electron chi connectivity index (χ4n) is 1.50. The van der Waals surface area contributed by atoms with E-state index in [9.17, 15) is 9.18 Å². The maximum absolute atomic E-state index is 13.2. The first kappa shape index (κ1) is 11.6. The molecule has 0 aliphatic carbocycles. The quantitative estimate of drug-likeness (QED) is 0.912. The van der Waals surface area contributed by atoms with E-state index in [1.165, 1.54) is 31.4 Å². The van der Waals surface area contributed by atoms with Gasteiger partial charge in [-0.15, -0.1) is 11.3 Å². The van der Waals surface area contributed by atoms with Gasteiger partial charge in [-0.1, -0.05) is 0 Å². The molecule has 0 unspecified atom stereocenters. The van der Waals surface area contributed by atoms with Crippen molar-refractivity contribution in [3.63, 3.8) is 0 Å². The third-order valence-corrected chi connectivity index (χ3v) is 3.20. The van der Waals surface area contributed by atoms with Crippen LogP contribution in [0.15, 0.2) is 29.6 Å². The molecule has 5 heteroatoms. The predicted octanol–water partition coefficient (Wildman–Crippen LogP) is 3.26. The van der Waals surface area contributed by atoms with Gasteiger partial charge < -0.3 is 9.84 Å². The Hall–Kier alpha value is -1.88. The second-order valence-electron chi connectivity index (χ2n) is 3.35. The predicted molar refractivity (Wildman–Crippen MR) is 63.2 cm³/mol. The number of rotatable bonds is 3. The molecule has 0 amide bonds. The summed E-state index contributed by atoms with van der Waals surface area (Å²) in [4.78, 5) is 11.0. The van der Waals surface area contributed by atoms with Crippen molar-refractivity contribution in [1.29, 1.82) is 0 Å². The zero-order valence-electron chi connectivity index (χ0n) is 8.94. The van der Waals surface area contributed by atoms with Gasteiger partial charge in [0.2, 0.25) is 0 Å². The van der Waals surface area contributed by atoms with Crippen molar-refractivity contribution in [2.24, 2.45) is 0 Å². The summed E-state index contributed by atoms with van der Waals surface area (Å²) in [5.41, 5.74) is 1.19. The van der Waals surface area contributed by atoms with E-state index in [1.54, 1.807) is 5.38 Å². The number of carboxylic acids is 1. The molecule has 0 radical (unpaired) electrons. The summed E-state index contributed by atoms with van der Waals surface area (Å²) < 4.78 is 18.3. The summed E-state index contributed by atoms with van der Waals surface area (Å²) in [6.07, 6.45) is 0. The van der Waals surface area contributed by atoms with Gasteiger partial charge in [0.15, 0.2) is 0 Å². The Kier molecular flexibility index (Phi) is 3.10. The van der Waals surface area contributed by atoms with Gasteiger partial charge in [-0.05, 0) is 35.2 Å². The molecule has 1 aromatic heterocycles. The number of methoxy groups -OCH3 is 1.